The van der Waals surface area contributed by atoms with Gasteiger partial charge in [0.25, 0.3) is 0 Å². The molecule has 5 rings (SSSR count). The second kappa shape index (κ2) is 9.25. The fraction of sp³-hybridized carbons (Fsp3) is 0.771. The molecule has 0 amide bonds. The van der Waals surface area contributed by atoms with Crippen molar-refractivity contribution >= 4 is 17.3 Å². The maximum atomic E-state index is 14.5. The Hall–Kier alpha value is -2.02. The van der Waals surface area contributed by atoms with Crippen molar-refractivity contribution in [3.63, 3.8) is 0 Å². The molecule has 212 valence electrons. The number of allylic oxidation sites excluding steroid dienone is 4. The lowest BCUT2D eigenvalue weighted by Gasteiger charge is -2.69. The summed E-state index contributed by atoms with van der Waals surface area (Å²) in [7, 11) is 0. The molecule has 3 saturated carbocycles. The van der Waals surface area contributed by atoms with Crippen molar-refractivity contribution in [2.75, 3.05) is 0 Å². The minimum absolute atomic E-state index is 0.0343. The molecule has 0 aromatic rings. The smallest absolute Gasteiger partial charge is 0.226 e. The van der Waals surface area contributed by atoms with E-state index in [0.29, 0.717) is 24.5 Å². The average molecular weight is 532 g/mol. The zero-order valence-electron chi connectivity index (χ0n) is 25.4. The molecule has 8 atom stereocenters. The van der Waals surface area contributed by atoms with Crippen molar-refractivity contribution in [1.29, 1.82) is 0 Å². The summed E-state index contributed by atoms with van der Waals surface area (Å²) in [6.07, 6.45) is 14.4. The molecule has 5 aliphatic rings. The SMILES string of the molecule is [C-]#[N+]C1=C[C@]2(C)C3=CC(=O)[C@@H]4[C@@H]5CC(C)(C)CC[C@]5(CCC(=O)CCC)CC[C@@]4(C)[C@]3(C)CC[C@H]2[C@H](C)C1=O. The average Bonchev–Trinajstić information content (AvgIpc) is 2.87. The quantitative estimate of drug-likeness (QED) is 0.335. The molecule has 0 aliphatic heterocycles. The summed E-state index contributed by atoms with van der Waals surface area (Å²) in [4.78, 5) is 43.8. The molecule has 39 heavy (non-hydrogen) atoms. The van der Waals surface area contributed by atoms with Crippen molar-refractivity contribution in [2.24, 2.45) is 50.7 Å². The highest BCUT2D eigenvalue weighted by Crippen LogP contribution is 2.74. The van der Waals surface area contributed by atoms with E-state index in [4.69, 9.17) is 6.57 Å². The van der Waals surface area contributed by atoms with Crippen molar-refractivity contribution < 1.29 is 14.4 Å². The van der Waals surface area contributed by atoms with Gasteiger partial charge in [0, 0.05) is 30.1 Å². The first-order valence-corrected chi connectivity index (χ1v) is 15.6. The molecule has 4 nitrogen and oxygen atoms in total. The summed E-state index contributed by atoms with van der Waals surface area (Å²) in [6, 6.07) is 0. The van der Waals surface area contributed by atoms with Crippen molar-refractivity contribution in [3.8, 4) is 0 Å². The lowest BCUT2D eigenvalue weighted by atomic mass is 9.34. The first-order chi connectivity index (χ1) is 18.2. The van der Waals surface area contributed by atoms with Crippen LogP contribution in [0.5, 0.6) is 0 Å². The fourth-order valence-corrected chi connectivity index (χ4v) is 10.6. The zero-order valence-corrected chi connectivity index (χ0v) is 25.4. The standard InChI is InChI=1S/C35H49NO3/c1-9-10-23(37)11-14-35-17-15-31(3,4)20-25(35)29-27(38)19-28-32(5)21-26(36-8)30(39)22(2)24(32)12-13-33(28,6)34(29,7)16-18-35/h19,21-22,24-25,29H,9-18,20H2,1-7H3/t22-,24-,25-,29-,32-,33+,34+,35+/m0/s1. The van der Waals surface area contributed by atoms with Crippen LogP contribution in [0, 0.1) is 57.3 Å². The minimum atomic E-state index is -0.448. The molecular formula is C35H49NO3. The number of hydrogen-bond donors (Lipinski definition) is 0. The summed E-state index contributed by atoms with van der Waals surface area (Å²) < 4.78 is 0. The van der Waals surface area contributed by atoms with Crippen LogP contribution >= 0.6 is 0 Å². The monoisotopic (exact) mass is 531 g/mol. The summed E-state index contributed by atoms with van der Waals surface area (Å²) >= 11 is 0. The maximum absolute atomic E-state index is 14.5. The predicted molar refractivity (Wildman–Crippen MR) is 154 cm³/mol. The van der Waals surface area contributed by atoms with E-state index < -0.39 is 5.41 Å². The van der Waals surface area contributed by atoms with E-state index in [9.17, 15) is 14.4 Å². The van der Waals surface area contributed by atoms with Crippen LogP contribution in [-0.4, -0.2) is 17.3 Å². The van der Waals surface area contributed by atoms with Gasteiger partial charge in [0.15, 0.2) is 11.6 Å². The van der Waals surface area contributed by atoms with Crippen LogP contribution in [0.4, 0.5) is 0 Å². The molecule has 0 aromatic carbocycles. The Morgan fingerprint density at radius 3 is 2.36 bits per heavy atom. The Morgan fingerprint density at radius 1 is 1.00 bits per heavy atom. The maximum Gasteiger partial charge on any atom is 0.226 e. The van der Waals surface area contributed by atoms with Crippen LogP contribution in [-0.2, 0) is 14.4 Å². The molecule has 0 aromatic heterocycles. The number of rotatable bonds is 5. The summed E-state index contributed by atoms with van der Waals surface area (Å²) in [5, 5.41) is 0. The fourth-order valence-electron chi connectivity index (χ4n) is 10.6. The summed E-state index contributed by atoms with van der Waals surface area (Å²) in [5.41, 5.74) is 0.915. The topological polar surface area (TPSA) is 55.6 Å². The van der Waals surface area contributed by atoms with E-state index in [1.807, 2.05) is 19.1 Å². The zero-order chi connectivity index (χ0) is 28.6. The van der Waals surface area contributed by atoms with Crippen molar-refractivity contribution in [1.82, 2.24) is 0 Å². The molecule has 0 N–H and O–H groups in total. The molecular weight excluding hydrogens is 482 g/mol. The van der Waals surface area contributed by atoms with Crippen LogP contribution in [0.3, 0.4) is 0 Å². The number of carbonyl (C=O) groups is 3. The first-order valence-electron chi connectivity index (χ1n) is 15.6. The number of carbonyl (C=O) groups excluding carboxylic acids is 3. The molecule has 3 fully saturated rings. The number of fused-ring (bicyclic) bond motifs is 7. The van der Waals surface area contributed by atoms with Gasteiger partial charge in [-0.2, -0.15) is 0 Å². The molecule has 0 radical (unpaired) electrons. The van der Waals surface area contributed by atoms with Gasteiger partial charge in [-0.05, 0) is 97.4 Å². The van der Waals surface area contributed by atoms with Gasteiger partial charge < -0.3 is 4.79 Å². The Morgan fingerprint density at radius 2 is 1.69 bits per heavy atom. The van der Waals surface area contributed by atoms with Gasteiger partial charge in [-0.15, -0.1) is 0 Å². The molecule has 0 unspecified atom stereocenters. The van der Waals surface area contributed by atoms with E-state index in [2.05, 4.69) is 46.4 Å². The molecule has 5 aliphatic carbocycles. The highest BCUT2D eigenvalue weighted by Gasteiger charge is 2.68. The third-order valence-corrected chi connectivity index (χ3v) is 13.1. The van der Waals surface area contributed by atoms with Gasteiger partial charge in [0.2, 0.25) is 5.70 Å². The second-order valence-corrected chi connectivity index (χ2v) is 15.5. The lowest BCUT2D eigenvalue weighted by Crippen LogP contribution is -2.64. The third-order valence-electron chi connectivity index (χ3n) is 13.1. The van der Waals surface area contributed by atoms with Crippen molar-refractivity contribution in [3.05, 3.63) is 34.8 Å². The molecule has 0 bridgehead atoms. The minimum Gasteiger partial charge on any atom is -0.308 e. The van der Waals surface area contributed by atoms with Crippen LogP contribution < -0.4 is 0 Å². The van der Waals surface area contributed by atoms with Gasteiger partial charge >= 0.3 is 0 Å². The Kier molecular flexibility index (Phi) is 6.76. The normalized spacial score (nSPS) is 44.6. The summed E-state index contributed by atoms with van der Waals surface area (Å²) in [5.74, 6) is 0.796. The van der Waals surface area contributed by atoms with Crippen LogP contribution in [0.1, 0.15) is 119 Å². The molecule has 0 heterocycles. The highest BCUT2D eigenvalue weighted by atomic mass is 16.1. The largest absolute Gasteiger partial charge is 0.308 e. The number of hydrogen-bond acceptors (Lipinski definition) is 3. The van der Waals surface area contributed by atoms with Gasteiger partial charge in [-0.1, -0.05) is 60.1 Å². The molecule has 0 saturated heterocycles. The Labute approximate surface area is 236 Å². The van der Waals surface area contributed by atoms with E-state index in [1.54, 1.807) is 0 Å². The van der Waals surface area contributed by atoms with Crippen LogP contribution in [0.2, 0.25) is 0 Å². The van der Waals surface area contributed by atoms with E-state index in [1.165, 1.54) is 5.57 Å². The van der Waals surface area contributed by atoms with Crippen LogP contribution in [0.15, 0.2) is 23.4 Å². The molecule has 0 spiro atoms. The van der Waals surface area contributed by atoms with Crippen molar-refractivity contribution in [2.45, 2.75) is 119 Å². The Bertz CT molecular complexity index is 1200. The lowest BCUT2D eigenvalue weighted by molar-refractivity contribution is -0.171. The van der Waals surface area contributed by atoms with Gasteiger partial charge in [0.05, 0.1) is 6.57 Å². The highest BCUT2D eigenvalue weighted by molar-refractivity contribution is 6.01. The van der Waals surface area contributed by atoms with Gasteiger partial charge in [-0.25, -0.2) is 4.85 Å². The number of nitrogens with zero attached hydrogens (tertiary/aromatic N) is 1. The Balaban J connectivity index is 1.61. The number of Topliss-reactive ketones (excluding diaryl/α,β-unsaturated/α-hetero) is 2. The van der Waals surface area contributed by atoms with Gasteiger partial charge in [-0.3, -0.25) is 9.59 Å². The van der Waals surface area contributed by atoms with Crippen LogP contribution in [0.25, 0.3) is 4.85 Å². The predicted octanol–water partition coefficient (Wildman–Crippen LogP) is 8.32. The van der Waals surface area contributed by atoms with Gasteiger partial charge in [0.1, 0.15) is 5.78 Å². The second-order valence-electron chi connectivity index (χ2n) is 15.5. The van der Waals surface area contributed by atoms with E-state index in [0.717, 1.165) is 57.8 Å². The molecule has 4 heteroatoms. The first kappa shape index (κ1) is 28.5. The summed E-state index contributed by atoms with van der Waals surface area (Å²) in [6.45, 7) is 23.5. The van der Waals surface area contributed by atoms with E-state index in [-0.39, 0.29) is 56.7 Å². The number of ketones is 3. The van der Waals surface area contributed by atoms with E-state index >= 15 is 0 Å². The third kappa shape index (κ3) is 3.99.